The number of aryl methyl sites for hydroxylation is 1. The summed E-state index contributed by atoms with van der Waals surface area (Å²) in [4.78, 5) is 30.1. The average molecular weight is 287 g/mol. The highest BCUT2D eigenvalue weighted by atomic mass is 16.5. The van der Waals surface area contributed by atoms with Crippen LogP contribution in [-0.2, 0) is 0 Å². The Kier molecular flexibility index (Phi) is 4.71. The molecule has 2 heterocycles. The number of ether oxygens (including phenoxy) is 1. The van der Waals surface area contributed by atoms with Crippen molar-refractivity contribution in [3.63, 3.8) is 0 Å². The van der Waals surface area contributed by atoms with Crippen LogP contribution in [-0.4, -0.2) is 28.5 Å². The number of carbonyl (C=O) groups excluding carboxylic acids is 1. The van der Waals surface area contributed by atoms with Crippen LogP contribution in [0.15, 0.2) is 41.5 Å². The number of hydrogen-bond acceptors (Lipinski definition) is 4. The van der Waals surface area contributed by atoms with E-state index in [-0.39, 0.29) is 11.7 Å². The predicted octanol–water partition coefficient (Wildman–Crippen LogP) is 1.28. The van der Waals surface area contributed by atoms with Gasteiger partial charge in [0.25, 0.3) is 11.5 Å². The molecule has 6 nitrogen and oxygen atoms in total. The zero-order valence-corrected chi connectivity index (χ0v) is 11.9. The Hall–Kier alpha value is -2.63. The van der Waals surface area contributed by atoms with Gasteiger partial charge in [-0.3, -0.25) is 14.6 Å². The van der Waals surface area contributed by atoms with E-state index in [2.05, 4.69) is 15.3 Å². The van der Waals surface area contributed by atoms with Gasteiger partial charge in [-0.1, -0.05) is 0 Å². The van der Waals surface area contributed by atoms with Crippen LogP contribution in [0.4, 0.5) is 0 Å². The van der Waals surface area contributed by atoms with Crippen molar-refractivity contribution < 1.29 is 9.53 Å². The van der Waals surface area contributed by atoms with Crippen molar-refractivity contribution in [3.8, 4) is 5.75 Å². The van der Waals surface area contributed by atoms with Gasteiger partial charge in [-0.15, -0.1) is 0 Å². The maximum absolute atomic E-state index is 11.9. The first-order valence-electron chi connectivity index (χ1n) is 6.61. The molecule has 110 valence electrons. The monoisotopic (exact) mass is 287 g/mol. The second-order valence-corrected chi connectivity index (χ2v) is 4.71. The molecule has 0 spiro atoms. The van der Waals surface area contributed by atoms with Crippen molar-refractivity contribution in [2.75, 3.05) is 6.54 Å². The van der Waals surface area contributed by atoms with Gasteiger partial charge in [-0.25, -0.2) is 0 Å². The number of nitrogens with one attached hydrogen (secondary N) is 2. The van der Waals surface area contributed by atoms with Gasteiger partial charge in [0, 0.05) is 11.9 Å². The van der Waals surface area contributed by atoms with Gasteiger partial charge in [-0.05, 0) is 38.1 Å². The number of H-pyrrole nitrogens is 1. The van der Waals surface area contributed by atoms with E-state index in [1.807, 2.05) is 6.92 Å². The van der Waals surface area contributed by atoms with Gasteiger partial charge in [0.2, 0.25) is 0 Å². The first kappa shape index (κ1) is 14.8. The summed E-state index contributed by atoms with van der Waals surface area (Å²) in [5.41, 5.74) is 0.410. The first-order valence-corrected chi connectivity index (χ1v) is 6.61. The lowest BCUT2D eigenvalue weighted by atomic mass is 10.2. The van der Waals surface area contributed by atoms with E-state index in [1.54, 1.807) is 37.5 Å². The molecule has 0 saturated heterocycles. The second-order valence-electron chi connectivity index (χ2n) is 4.71. The quantitative estimate of drug-likeness (QED) is 0.867. The molecule has 1 unspecified atom stereocenters. The van der Waals surface area contributed by atoms with Crippen LogP contribution >= 0.6 is 0 Å². The zero-order valence-electron chi connectivity index (χ0n) is 11.9. The van der Waals surface area contributed by atoms with E-state index in [4.69, 9.17) is 4.74 Å². The fourth-order valence-electron chi connectivity index (χ4n) is 1.77. The molecule has 1 atom stereocenters. The lowest BCUT2D eigenvalue weighted by Crippen LogP contribution is -2.36. The van der Waals surface area contributed by atoms with Crippen molar-refractivity contribution in [1.29, 1.82) is 0 Å². The molecule has 2 aromatic heterocycles. The molecule has 0 radical (unpaired) electrons. The van der Waals surface area contributed by atoms with Gasteiger partial charge in [0.1, 0.15) is 17.4 Å². The Bertz CT molecular complexity index is 667. The van der Waals surface area contributed by atoms with Crippen LogP contribution in [0.2, 0.25) is 0 Å². The molecule has 0 aliphatic heterocycles. The Morgan fingerprint density at radius 1 is 1.43 bits per heavy atom. The molecule has 1 amide bonds. The summed E-state index contributed by atoms with van der Waals surface area (Å²) in [6.07, 6.45) is 3.02. The standard InChI is InChI=1S/C15H17N3O3/c1-10-5-6-13(15(20)18-10)14(19)17-8-11(2)21-12-4-3-7-16-9-12/h3-7,9,11H,8H2,1-2H3,(H,17,19)(H,18,20). The number of nitrogens with zero attached hydrogens (tertiary/aromatic N) is 1. The lowest BCUT2D eigenvalue weighted by Gasteiger charge is -2.15. The minimum absolute atomic E-state index is 0.0918. The highest BCUT2D eigenvalue weighted by Crippen LogP contribution is 2.08. The third-order valence-electron chi connectivity index (χ3n) is 2.82. The SMILES string of the molecule is Cc1ccc(C(=O)NCC(C)Oc2cccnc2)c(=O)[nH]1. The second kappa shape index (κ2) is 6.69. The zero-order chi connectivity index (χ0) is 15.2. The van der Waals surface area contributed by atoms with Crippen LogP contribution in [0.5, 0.6) is 5.75 Å². The number of carbonyl (C=O) groups is 1. The number of pyridine rings is 2. The topological polar surface area (TPSA) is 84.1 Å². The molecule has 21 heavy (non-hydrogen) atoms. The fraction of sp³-hybridized carbons (Fsp3) is 0.267. The van der Waals surface area contributed by atoms with Crippen LogP contribution in [0.25, 0.3) is 0 Å². The Morgan fingerprint density at radius 3 is 2.90 bits per heavy atom. The van der Waals surface area contributed by atoms with Gasteiger partial charge in [0.15, 0.2) is 0 Å². The smallest absolute Gasteiger partial charge is 0.260 e. The van der Waals surface area contributed by atoms with E-state index < -0.39 is 11.5 Å². The number of aromatic nitrogens is 2. The van der Waals surface area contributed by atoms with E-state index >= 15 is 0 Å². The fourth-order valence-corrected chi connectivity index (χ4v) is 1.77. The minimum atomic E-state index is -0.419. The van der Waals surface area contributed by atoms with E-state index in [9.17, 15) is 9.59 Å². The molecular formula is C15H17N3O3. The van der Waals surface area contributed by atoms with Crippen molar-refractivity contribution in [1.82, 2.24) is 15.3 Å². The summed E-state index contributed by atoms with van der Waals surface area (Å²) < 4.78 is 5.59. The third kappa shape index (κ3) is 4.17. The summed E-state index contributed by atoms with van der Waals surface area (Å²) in [5.74, 6) is 0.213. The number of aromatic amines is 1. The summed E-state index contributed by atoms with van der Waals surface area (Å²) >= 11 is 0. The molecule has 2 aromatic rings. The predicted molar refractivity (Wildman–Crippen MR) is 78.5 cm³/mol. The molecule has 6 heteroatoms. The van der Waals surface area contributed by atoms with Crippen molar-refractivity contribution in [3.05, 3.63) is 58.3 Å². The lowest BCUT2D eigenvalue weighted by molar-refractivity contribution is 0.0930. The highest BCUT2D eigenvalue weighted by molar-refractivity contribution is 5.93. The van der Waals surface area contributed by atoms with Crippen molar-refractivity contribution in [2.24, 2.45) is 0 Å². The molecule has 2 N–H and O–H groups in total. The summed E-state index contributed by atoms with van der Waals surface area (Å²) in [5, 5.41) is 2.67. The Morgan fingerprint density at radius 2 is 2.24 bits per heavy atom. The largest absolute Gasteiger partial charge is 0.487 e. The normalized spacial score (nSPS) is 11.7. The first-order chi connectivity index (χ1) is 10.1. The molecule has 0 aliphatic rings. The summed E-state index contributed by atoms with van der Waals surface area (Å²) in [6.45, 7) is 3.88. The van der Waals surface area contributed by atoms with Crippen LogP contribution in [0.1, 0.15) is 23.0 Å². The Labute approximate surface area is 122 Å². The molecule has 0 saturated carbocycles. The van der Waals surface area contributed by atoms with E-state index in [0.29, 0.717) is 18.0 Å². The molecule has 0 aromatic carbocycles. The van der Waals surface area contributed by atoms with Gasteiger partial charge in [0.05, 0.1) is 12.7 Å². The number of rotatable bonds is 5. The highest BCUT2D eigenvalue weighted by Gasteiger charge is 2.12. The van der Waals surface area contributed by atoms with Crippen molar-refractivity contribution in [2.45, 2.75) is 20.0 Å². The van der Waals surface area contributed by atoms with Gasteiger partial charge >= 0.3 is 0 Å². The molecule has 0 fully saturated rings. The molecule has 2 rings (SSSR count). The van der Waals surface area contributed by atoms with Crippen molar-refractivity contribution >= 4 is 5.91 Å². The van der Waals surface area contributed by atoms with Crippen LogP contribution < -0.4 is 15.6 Å². The molecular weight excluding hydrogens is 270 g/mol. The molecule has 0 aliphatic carbocycles. The number of amides is 1. The minimum Gasteiger partial charge on any atom is -0.487 e. The maximum atomic E-state index is 11.9. The maximum Gasteiger partial charge on any atom is 0.260 e. The summed E-state index contributed by atoms with van der Waals surface area (Å²) in [7, 11) is 0. The van der Waals surface area contributed by atoms with Gasteiger partial charge < -0.3 is 15.0 Å². The van der Waals surface area contributed by atoms with E-state index in [1.165, 1.54) is 6.07 Å². The van der Waals surface area contributed by atoms with E-state index in [0.717, 1.165) is 0 Å². The third-order valence-corrected chi connectivity index (χ3v) is 2.82. The molecule has 0 bridgehead atoms. The van der Waals surface area contributed by atoms with Gasteiger partial charge in [-0.2, -0.15) is 0 Å². The average Bonchev–Trinajstić information content (AvgIpc) is 2.46. The van der Waals surface area contributed by atoms with Crippen LogP contribution in [0.3, 0.4) is 0 Å². The van der Waals surface area contributed by atoms with Crippen LogP contribution in [0, 0.1) is 6.92 Å². The number of hydrogen-bond donors (Lipinski definition) is 2. The Balaban J connectivity index is 1.90. The summed E-state index contributed by atoms with van der Waals surface area (Å²) in [6, 6.07) is 6.75.